The number of furan rings is 1. The Kier molecular flexibility index (Phi) is 3.25. The Morgan fingerprint density at radius 3 is 3.16 bits per heavy atom. The van der Waals surface area contributed by atoms with E-state index in [0.29, 0.717) is 12.1 Å². The molecule has 1 aliphatic carbocycles. The molecule has 0 radical (unpaired) electrons. The van der Waals surface area contributed by atoms with Crippen molar-refractivity contribution in [3.05, 3.63) is 53.2 Å². The molecule has 4 heteroatoms. The fraction of sp³-hybridized carbons (Fsp3) is 0.333. The normalized spacial score (nSPS) is 18.3. The Labute approximate surface area is 111 Å². The van der Waals surface area contributed by atoms with Gasteiger partial charge in [-0.1, -0.05) is 0 Å². The van der Waals surface area contributed by atoms with Crippen LogP contribution >= 0.6 is 0 Å². The molecule has 3 nitrogen and oxygen atoms in total. The number of phenols is 1. The molecule has 1 aliphatic rings. The first-order chi connectivity index (χ1) is 9.24. The number of aryl methyl sites for hydroxylation is 1. The number of halogens is 1. The summed E-state index contributed by atoms with van der Waals surface area (Å²) in [6.45, 7) is 0.443. The molecule has 1 atom stereocenters. The highest BCUT2D eigenvalue weighted by Crippen LogP contribution is 2.31. The van der Waals surface area contributed by atoms with E-state index in [1.807, 2.05) is 6.07 Å². The van der Waals surface area contributed by atoms with Crippen LogP contribution in [0.4, 0.5) is 4.39 Å². The summed E-state index contributed by atoms with van der Waals surface area (Å²) in [5, 5.41) is 13.1. The van der Waals surface area contributed by atoms with E-state index in [4.69, 9.17) is 4.42 Å². The monoisotopic (exact) mass is 261 g/mol. The lowest BCUT2D eigenvalue weighted by molar-refractivity contribution is 0.405. The van der Waals surface area contributed by atoms with E-state index in [2.05, 4.69) is 5.32 Å². The van der Waals surface area contributed by atoms with Gasteiger partial charge in [-0.05, 0) is 37.1 Å². The summed E-state index contributed by atoms with van der Waals surface area (Å²) in [6, 6.07) is 6.20. The van der Waals surface area contributed by atoms with Crippen molar-refractivity contribution in [2.45, 2.75) is 31.8 Å². The molecule has 0 aliphatic heterocycles. The molecule has 0 bridgehead atoms. The summed E-state index contributed by atoms with van der Waals surface area (Å²) >= 11 is 0. The van der Waals surface area contributed by atoms with Crippen molar-refractivity contribution in [1.82, 2.24) is 5.32 Å². The van der Waals surface area contributed by atoms with Crippen LogP contribution < -0.4 is 5.32 Å². The second-order valence-corrected chi connectivity index (χ2v) is 4.90. The molecule has 1 aromatic carbocycles. The number of fused-ring (bicyclic) bond motifs is 1. The lowest BCUT2D eigenvalue weighted by atomic mass is 9.93. The molecule has 0 saturated carbocycles. The fourth-order valence-electron chi connectivity index (χ4n) is 2.63. The lowest BCUT2D eigenvalue weighted by Gasteiger charge is -2.23. The SMILES string of the molecule is Oc1ccc(F)cc1CNC1CCCc2occc21. The molecular weight excluding hydrogens is 245 g/mol. The lowest BCUT2D eigenvalue weighted by Crippen LogP contribution is -2.24. The van der Waals surface area contributed by atoms with E-state index in [1.54, 1.807) is 6.26 Å². The smallest absolute Gasteiger partial charge is 0.123 e. The minimum Gasteiger partial charge on any atom is -0.508 e. The van der Waals surface area contributed by atoms with Crippen LogP contribution in [0.5, 0.6) is 5.75 Å². The Balaban J connectivity index is 1.72. The maximum atomic E-state index is 13.1. The van der Waals surface area contributed by atoms with Crippen molar-refractivity contribution < 1.29 is 13.9 Å². The molecule has 0 spiro atoms. The van der Waals surface area contributed by atoms with Gasteiger partial charge < -0.3 is 14.8 Å². The van der Waals surface area contributed by atoms with Gasteiger partial charge in [0.1, 0.15) is 17.3 Å². The standard InChI is InChI=1S/C15H16FNO2/c16-11-4-5-14(18)10(8-11)9-17-13-2-1-3-15-12(13)6-7-19-15/h4-8,13,17-18H,1-3,9H2. The predicted octanol–water partition coefficient (Wildman–Crippen LogP) is 3.29. The van der Waals surface area contributed by atoms with Gasteiger partial charge in [-0.2, -0.15) is 0 Å². The van der Waals surface area contributed by atoms with Gasteiger partial charge in [0.15, 0.2) is 0 Å². The third-order valence-corrected chi connectivity index (χ3v) is 3.63. The summed E-state index contributed by atoms with van der Waals surface area (Å²) in [5.41, 5.74) is 1.76. The average molecular weight is 261 g/mol. The van der Waals surface area contributed by atoms with Crippen molar-refractivity contribution in [2.75, 3.05) is 0 Å². The number of nitrogens with one attached hydrogen (secondary N) is 1. The molecule has 100 valence electrons. The van der Waals surface area contributed by atoms with Gasteiger partial charge in [-0.25, -0.2) is 4.39 Å². The quantitative estimate of drug-likeness (QED) is 0.891. The van der Waals surface area contributed by atoms with Crippen molar-refractivity contribution >= 4 is 0 Å². The van der Waals surface area contributed by atoms with Crippen molar-refractivity contribution in [2.24, 2.45) is 0 Å². The summed E-state index contributed by atoms with van der Waals surface area (Å²) in [7, 11) is 0. The Hall–Kier alpha value is -1.81. The maximum absolute atomic E-state index is 13.1. The second-order valence-electron chi connectivity index (χ2n) is 4.90. The number of benzene rings is 1. The first kappa shape index (κ1) is 12.2. The number of hydrogen-bond donors (Lipinski definition) is 2. The molecule has 1 aromatic heterocycles. The minimum atomic E-state index is -0.331. The zero-order chi connectivity index (χ0) is 13.2. The van der Waals surface area contributed by atoms with Crippen LogP contribution in [-0.2, 0) is 13.0 Å². The van der Waals surface area contributed by atoms with Gasteiger partial charge >= 0.3 is 0 Å². The number of rotatable bonds is 3. The maximum Gasteiger partial charge on any atom is 0.123 e. The topological polar surface area (TPSA) is 45.4 Å². The Morgan fingerprint density at radius 1 is 1.37 bits per heavy atom. The second kappa shape index (κ2) is 5.05. The van der Waals surface area contributed by atoms with Gasteiger partial charge in [-0.15, -0.1) is 0 Å². The van der Waals surface area contributed by atoms with E-state index in [1.165, 1.54) is 23.8 Å². The van der Waals surface area contributed by atoms with Crippen LogP contribution in [0, 0.1) is 5.82 Å². The first-order valence-corrected chi connectivity index (χ1v) is 6.51. The van der Waals surface area contributed by atoms with Gasteiger partial charge in [0, 0.05) is 30.1 Å². The van der Waals surface area contributed by atoms with Crippen molar-refractivity contribution in [1.29, 1.82) is 0 Å². The minimum absolute atomic E-state index is 0.122. The Morgan fingerprint density at radius 2 is 2.26 bits per heavy atom. The molecule has 2 aromatic rings. The third-order valence-electron chi connectivity index (χ3n) is 3.63. The summed E-state index contributed by atoms with van der Waals surface area (Å²) in [4.78, 5) is 0. The van der Waals surface area contributed by atoms with Crippen LogP contribution in [0.15, 0.2) is 34.9 Å². The van der Waals surface area contributed by atoms with E-state index in [0.717, 1.165) is 25.0 Å². The highest BCUT2D eigenvalue weighted by atomic mass is 19.1. The molecule has 0 fully saturated rings. The fourth-order valence-corrected chi connectivity index (χ4v) is 2.63. The molecule has 0 saturated heterocycles. The molecule has 1 heterocycles. The van der Waals surface area contributed by atoms with Crippen LogP contribution in [0.3, 0.4) is 0 Å². The number of phenolic OH excluding ortho intramolecular Hbond substituents is 1. The van der Waals surface area contributed by atoms with Crippen LogP contribution in [0.1, 0.15) is 35.8 Å². The largest absolute Gasteiger partial charge is 0.508 e. The molecule has 19 heavy (non-hydrogen) atoms. The van der Waals surface area contributed by atoms with Crippen LogP contribution in [0.25, 0.3) is 0 Å². The van der Waals surface area contributed by atoms with E-state index in [-0.39, 0.29) is 17.6 Å². The van der Waals surface area contributed by atoms with E-state index < -0.39 is 0 Å². The van der Waals surface area contributed by atoms with Crippen molar-refractivity contribution in [3.63, 3.8) is 0 Å². The van der Waals surface area contributed by atoms with Crippen molar-refractivity contribution in [3.8, 4) is 5.75 Å². The molecule has 1 unspecified atom stereocenters. The Bertz CT molecular complexity index is 579. The summed E-state index contributed by atoms with van der Waals surface area (Å²) < 4.78 is 18.6. The average Bonchev–Trinajstić information content (AvgIpc) is 2.88. The zero-order valence-corrected chi connectivity index (χ0v) is 10.5. The van der Waals surface area contributed by atoms with E-state index >= 15 is 0 Å². The highest BCUT2D eigenvalue weighted by Gasteiger charge is 2.22. The molecular formula is C15H16FNO2. The molecule has 0 amide bonds. The summed E-state index contributed by atoms with van der Waals surface area (Å²) in [5.74, 6) is 0.826. The zero-order valence-electron chi connectivity index (χ0n) is 10.5. The van der Waals surface area contributed by atoms with Gasteiger partial charge in [0.2, 0.25) is 0 Å². The predicted molar refractivity (Wildman–Crippen MR) is 69.3 cm³/mol. The van der Waals surface area contributed by atoms with Crippen LogP contribution in [-0.4, -0.2) is 5.11 Å². The molecule has 3 rings (SSSR count). The van der Waals surface area contributed by atoms with E-state index in [9.17, 15) is 9.50 Å². The van der Waals surface area contributed by atoms with Crippen LogP contribution in [0.2, 0.25) is 0 Å². The van der Waals surface area contributed by atoms with Gasteiger partial charge in [-0.3, -0.25) is 0 Å². The highest BCUT2D eigenvalue weighted by molar-refractivity contribution is 5.33. The summed E-state index contributed by atoms with van der Waals surface area (Å²) in [6.07, 6.45) is 4.80. The van der Waals surface area contributed by atoms with Gasteiger partial charge in [0.25, 0.3) is 0 Å². The number of aromatic hydroxyl groups is 1. The van der Waals surface area contributed by atoms with Gasteiger partial charge in [0.05, 0.1) is 6.26 Å². The third kappa shape index (κ3) is 2.49. The number of hydrogen-bond acceptors (Lipinski definition) is 3. The first-order valence-electron chi connectivity index (χ1n) is 6.51. The molecule has 2 N–H and O–H groups in total.